The predicted octanol–water partition coefficient (Wildman–Crippen LogP) is 3.34. The third-order valence-corrected chi connectivity index (χ3v) is 3.02. The lowest BCUT2D eigenvalue weighted by molar-refractivity contribution is 0.415. The molecule has 0 atom stereocenters. The van der Waals surface area contributed by atoms with Gasteiger partial charge in [0, 0.05) is 16.8 Å². The van der Waals surface area contributed by atoms with Crippen molar-refractivity contribution in [1.29, 1.82) is 0 Å². The predicted molar refractivity (Wildman–Crippen MR) is 68.9 cm³/mol. The Bertz CT molecular complexity index is 685. The molecule has 86 valence electrons. The number of aromatic nitrogens is 1. The first-order valence-corrected chi connectivity index (χ1v) is 5.46. The molecule has 0 radical (unpaired) electrons. The Kier molecular flexibility index (Phi) is 2.18. The quantitative estimate of drug-likeness (QED) is 0.728. The van der Waals surface area contributed by atoms with Crippen LogP contribution in [0.2, 0.25) is 0 Å². The molecule has 2 aromatic carbocycles. The summed E-state index contributed by atoms with van der Waals surface area (Å²) >= 11 is 0. The minimum atomic E-state index is 0.850. The van der Waals surface area contributed by atoms with Crippen molar-refractivity contribution < 1.29 is 9.47 Å². The molecule has 1 heterocycles. The van der Waals surface area contributed by atoms with Crippen LogP contribution in [0, 0.1) is 0 Å². The van der Waals surface area contributed by atoms with Crippen LogP contribution in [0.3, 0.4) is 0 Å². The van der Waals surface area contributed by atoms with Crippen molar-refractivity contribution in [1.82, 2.24) is 4.98 Å². The topological polar surface area (TPSA) is 34.2 Å². The number of para-hydroxylation sites is 1. The summed E-state index contributed by atoms with van der Waals surface area (Å²) in [4.78, 5) is 3.37. The number of methoxy groups -OCH3 is 2. The third-order valence-electron chi connectivity index (χ3n) is 3.02. The van der Waals surface area contributed by atoms with E-state index in [9.17, 15) is 0 Å². The molecule has 0 saturated carbocycles. The summed E-state index contributed by atoms with van der Waals surface area (Å²) in [6.07, 6.45) is 0. The van der Waals surface area contributed by atoms with Crippen molar-refractivity contribution in [2.45, 2.75) is 0 Å². The van der Waals surface area contributed by atoms with Crippen LogP contribution in [0.25, 0.3) is 21.8 Å². The molecule has 3 rings (SSSR count). The van der Waals surface area contributed by atoms with Gasteiger partial charge in [0.05, 0.1) is 25.3 Å². The molecule has 3 aromatic rings. The lowest BCUT2D eigenvalue weighted by atomic mass is 10.1. The second-order valence-corrected chi connectivity index (χ2v) is 3.92. The molecular weight excluding hydrogens is 214 g/mol. The van der Waals surface area contributed by atoms with Gasteiger partial charge in [-0.05, 0) is 18.2 Å². The zero-order chi connectivity index (χ0) is 11.8. The number of nitrogens with one attached hydrogen (secondary N) is 1. The van der Waals surface area contributed by atoms with E-state index in [0.29, 0.717) is 0 Å². The van der Waals surface area contributed by atoms with E-state index >= 15 is 0 Å². The van der Waals surface area contributed by atoms with Gasteiger partial charge in [-0.15, -0.1) is 0 Å². The minimum Gasteiger partial charge on any atom is -0.497 e. The van der Waals surface area contributed by atoms with Crippen molar-refractivity contribution in [3.63, 3.8) is 0 Å². The number of benzene rings is 2. The molecule has 1 N–H and O–H groups in total. The molecule has 0 spiro atoms. The summed E-state index contributed by atoms with van der Waals surface area (Å²) < 4.78 is 10.6. The number of hydrogen-bond acceptors (Lipinski definition) is 2. The zero-order valence-corrected chi connectivity index (χ0v) is 9.78. The van der Waals surface area contributed by atoms with E-state index in [1.54, 1.807) is 14.2 Å². The second-order valence-electron chi connectivity index (χ2n) is 3.92. The molecule has 17 heavy (non-hydrogen) atoms. The van der Waals surface area contributed by atoms with E-state index in [1.807, 2.05) is 24.3 Å². The maximum absolute atomic E-state index is 5.35. The Labute approximate surface area is 99.0 Å². The first-order chi connectivity index (χ1) is 8.33. The van der Waals surface area contributed by atoms with Crippen molar-refractivity contribution in [2.75, 3.05) is 14.2 Å². The molecule has 0 aliphatic heterocycles. The molecule has 0 fully saturated rings. The van der Waals surface area contributed by atoms with Crippen LogP contribution in [0.4, 0.5) is 0 Å². The van der Waals surface area contributed by atoms with Gasteiger partial charge in [-0.3, -0.25) is 0 Å². The molecule has 3 nitrogen and oxygen atoms in total. The van der Waals surface area contributed by atoms with Gasteiger partial charge in [0.2, 0.25) is 0 Å². The van der Waals surface area contributed by atoms with Gasteiger partial charge in [-0.2, -0.15) is 0 Å². The smallest absolute Gasteiger partial charge is 0.142 e. The molecule has 0 amide bonds. The van der Waals surface area contributed by atoms with Crippen molar-refractivity contribution in [3.8, 4) is 11.5 Å². The Morgan fingerprint density at radius 3 is 2.59 bits per heavy atom. The summed E-state index contributed by atoms with van der Waals surface area (Å²) in [5.74, 6) is 1.71. The van der Waals surface area contributed by atoms with Crippen LogP contribution < -0.4 is 9.47 Å². The average molecular weight is 227 g/mol. The maximum Gasteiger partial charge on any atom is 0.142 e. The van der Waals surface area contributed by atoms with Crippen LogP contribution in [-0.4, -0.2) is 19.2 Å². The van der Waals surface area contributed by atoms with E-state index in [1.165, 1.54) is 10.8 Å². The number of fused-ring (bicyclic) bond motifs is 3. The number of ether oxygens (including phenoxy) is 2. The molecule has 0 aliphatic rings. The third kappa shape index (κ3) is 1.43. The summed E-state index contributed by atoms with van der Waals surface area (Å²) in [6.45, 7) is 0. The van der Waals surface area contributed by atoms with Crippen LogP contribution in [0.1, 0.15) is 0 Å². The molecule has 0 aliphatic carbocycles. The van der Waals surface area contributed by atoms with Gasteiger partial charge >= 0.3 is 0 Å². The Balaban J connectivity index is 2.40. The van der Waals surface area contributed by atoms with E-state index in [4.69, 9.17) is 9.47 Å². The number of hydrogen-bond donors (Lipinski definition) is 1. The first-order valence-electron chi connectivity index (χ1n) is 5.46. The highest BCUT2D eigenvalue weighted by Gasteiger charge is 2.08. The van der Waals surface area contributed by atoms with Crippen LogP contribution in [-0.2, 0) is 0 Å². The minimum absolute atomic E-state index is 0.850. The van der Waals surface area contributed by atoms with Crippen LogP contribution >= 0.6 is 0 Å². The zero-order valence-electron chi connectivity index (χ0n) is 9.78. The van der Waals surface area contributed by atoms with Gasteiger partial charge in [-0.25, -0.2) is 0 Å². The fraction of sp³-hybridized carbons (Fsp3) is 0.143. The molecular formula is C14H13NO2. The number of H-pyrrole nitrogens is 1. The van der Waals surface area contributed by atoms with E-state index < -0.39 is 0 Å². The van der Waals surface area contributed by atoms with Gasteiger partial charge in [0.25, 0.3) is 0 Å². The second kappa shape index (κ2) is 3.70. The normalized spacial score (nSPS) is 10.9. The summed E-state index contributed by atoms with van der Waals surface area (Å²) in [6, 6.07) is 12.1. The molecule has 3 heteroatoms. The van der Waals surface area contributed by atoms with Crippen molar-refractivity contribution in [2.24, 2.45) is 0 Å². The molecule has 0 saturated heterocycles. The Morgan fingerprint density at radius 2 is 1.82 bits per heavy atom. The SMILES string of the molecule is COc1ccc2c(c1)[nH]c1c(OC)cccc12. The van der Waals surface area contributed by atoms with E-state index in [-0.39, 0.29) is 0 Å². The van der Waals surface area contributed by atoms with E-state index in [2.05, 4.69) is 17.1 Å². The highest BCUT2D eigenvalue weighted by molar-refractivity contribution is 6.09. The summed E-state index contributed by atoms with van der Waals surface area (Å²) in [7, 11) is 3.35. The fourth-order valence-corrected chi connectivity index (χ4v) is 2.18. The molecule has 1 aromatic heterocycles. The number of aromatic amines is 1. The maximum atomic E-state index is 5.35. The van der Waals surface area contributed by atoms with Gasteiger partial charge in [0.15, 0.2) is 0 Å². The summed E-state index contributed by atoms with van der Waals surface area (Å²) in [5, 5.41) is 2.35. The highest BCUT2D eigenvalue weighted by atomic mass is 16.5. The average Bonchev–Trinajstić information content (AvgIpc) is 2.75. The monoisotopic (exact) mass is 227 g/mol. The lowest BCUT2D eigenvalue weighted by Gasteiger charge is -1.99. The Hall–Kier alpha value is -2.16. The molecule has 0 unspecified atom stereocenters. The largest absolute Gasteiger partial charge is 0.497 e. The Morgan fingerprint density at radius 1 is 0.941 bits per heavy atom. The van der Waals surface area contributed by atoms with Gasteiger partial charge in [-0.1, -0.05) is 12.1 Å². The van der Waals surface area contributed by atoms with Gasteiger partial charge in [0.1, 0.15) is 11.5 Å². The van der Waals surface area contributed by atoms with Crippen LogP contribution in [0.5, 0.6) is 11.5 Å². The van der Waals surface area contributed by atoms with Gasteiger partial charge < -0.3 is 14.5 Å². The van der Waals surface area contributed by atoms with Crippen molar-refractivity contribution >= 4 is 21.8 Å². The number of rotatable bonds is 2. The highest BCUT2D eigenvalue weighted by Crippen LogP contribution is 2.32. The standard InChI is InChI=1S/C14H13NO2/c1-16-9-6-7-10-11-4-3-5-13(17-2)14(11)15-12(10)8-9/h3-8,15H,1-2H3. The van der Waals surface area contributed by atoms with Crippen LogP contribution in [0.15, 0.2) is 36.4 Å². The molecule has 0 bridgehead atoms. The van der Waals surface area contributed by atoms with Crippen molar-refractivity contribution in [3.05, 3.63) is 36.4 Å². The lowest BCUT2D eigenvalue weighted by Crippen LogP contribution is -1.82. The first kappa shape index (κ1) is 10.0. The summed E-state index contributed by atoms with van der Waals surface area (Å²) in [5.41, 5.74) is 2.09. The fourth-order valence-electron chi connectivity index (χ4n) is 2.18. The van der Waals surface area contributed by atoms with E-state index in [0.717, 1.165) is 22.5 Å².